The first-order chi connectivity index (χ1) is 8.91. The maximum absolute atomic E-state index is 11.4. The van der Waals surface area contributed by atoms with Gasteiger partial charge in [0.25, 0.3) is 0 Å². The number of sulfone groups is 1. The summed E-state index contributed by atoms with van der Waals surface area (Å²) in [5.74, 6) is 1.00. The van der Waals surface area contributed by atoms with Crippen molar-refractivity contribution in [1.82, 2.24) is 5.32 Å². The average Bonchev–Trinajstić information content (AvgIpc) is 2.66. The van der Waals surface area contributed by atoms with Crippen molar-refractivity contribution in [2.45, 2.75) is 19.0 Å². The van der Waals surface area contributed by atoms with E-state index in [-0.39, 0.29) is 17.5 Å². The number of hydrogen-bond donors (Lipinski definition) is 1. The molecule has 2 rings (SSSR count). The van der Waals surface area contributed by atoms with Crippen LogP contribution in [0.1, 0.15) is 12.0 Å². The summed E-state index contributed by atoms with van der Waals surface area (Å²) in [6.45, 7) is 0.476. The normalized spacial score (nSPS) is 21.5. The molecule has 0 aromatic heterocycles. The second-order valence-electron chi connectivity index (χ2n) is 4.56. The van der Waals surface area contributed by atoms with Gasteiger partial charge in [0.1, 0.15) is 5.75 Å². The van der Waals surface area contributed by atoms with Crippen LogP contribution >= 0.6 is 23.2 Å². The summed E-state index contributed by atoms with van der Waals surface area (Å²) in [6.07, 6.45) is 0.638. The number of halogens is 2. The first-order valence-electron chi connectivity index (χ1n) is 5.87. The summed E-state index contributed by atoms with van der Waals surface area (Å²) in [6, 6.07) is 3.36. The van der Waals surface area contributed by atoms with Crippen LogP contribution in [0.25, 0.3) is 0 Å². The monoisotopic (exact) mass is 323 g/mol. The molecule has 19 heavy (non-hydrogen) atoms. The Morgan fingerprint density at radius 3 is 2.74 bits per heavy atom. The fraction of sp³-hybridized carbons (Fsp3) is 0.500. The highest BCUT2D eigenvalue weighted by Crippen LogP contribution is 2.32. The number of nitrogens with one attached hydrogen (secondary N) is 1. The van der Waals surface area contributed by atoms with Crippen LogP contribution in [0, 0.1) is 0 Å². The lowest BCUT2D eigenvalue weighted by Crippen LogP contribution is -2.29. The van der Waals surface area contributed by atoms with E-state index < -0.39 is 9.84 Å². The van der Waals surface area contributed by atoms with E-state index in [0.717, 1.165) is 5.56 Å². The van der Waals surface area contributed by atoms with Gasteiger partial charge in [0.05, 0.1) is 23.6 Å². The van der Waals surface area contributed by atoms with Gasteiger partial charge in [0.15, 0.2) is 9.84 Å². The van der Waals surface area contributed by atoms with Gasteiger partial charge in [0.2, 0.25) is 0 Å². The van der Waals surface area contributed by atoms with Gasteiger partial charge >= 0.3 is 0 Å². The van der Waals surface area contributed by atoms with Gasteiger partial charge in [-0.25, -0.2) is 8.42 Å². The maximum atomic E-state index is 11.4. The van der Waals surface area contributed by atoms with Gasteiger partial charge in [-0.15, -0.1) is 0 Å². The molecule has 1 N–H and O–H groups in total. The molecule has 0 amide bonds. The van der Waals surface area contributed by atoms with E-state index >= 15 is 0 Å². The quantitative estimate of drug-likeness (QED) is 0.923. The molecule has 1 atom stereocenters. The molecule has 0 radical (unpaired) electrons. The minimum atomic E-state index is -2.88. The van der Waals surface area contributed by atoms with Crippen molar-refractivity contribution in [2.24, 2.45) is 0 Å². The minimum Gasteiger partial charge on any atom is -0.495 e. The average molecular weight is 324 g/mol. The van der Waals surface area contributed by atoms with Crippen molar-refractivity contribution in [3.8, 4) is 5.75 Å². The number of hydrogen-bond acceptors (Lipinski definition) is 4. The molecule has 1 aliphatic rings. The van der Waals surface area contributed by atoms with Crippen molar-refractivity contribution in [1.29, 1.82) is 0 Å². The van der Waals surface area contributed by atoms with Crippen LogP contribution in [0.5, 0.6) is 5.75 Å². The molecule has 1 heterocycles. The summed E-state index contributed by atoms with van der Waals surface area (Å²) in [5, 5.41) is 4.19. The van der Waals surface area contributed by atoms with Crippen LogP contribution in [-0.4, -0.2) is 33.1 Å². The number of benzene rings is 1. The lowest BCUT2D eigenvalue weighted by molar-refractivity contribution is 0.406. The summed E-state index contributed by atoms with van der Waals surface area (Å²) < 4.78 is 28.0. The Bertz CT molecular complexity index is 575. The largest absolute Gasteiger partial charge is 0.495 e. The Kier molecular flexibility index (Phi) is 4.61. The molecule has 4 nitrogen and oxygen atoms in total. The van der Waals surface area contributed by atoms with Gasteiger partial charge in [-0.3, -0.25) is 0 Å². The predicted octanol–water partition coefficient (Wildman–Crippen LogP) is 2.28. The third kappa shape index (κ3) is 3.75. The number of methoxy groups -OCH3 is 1. The standard InChI is InChI=1S/C12H15Cl2NO3S/c1-18-12-8(4-9(13)5-11(12)14)6-15-10-2-3-19(16,17)7-10/h4-5,10,15H,2-3,6-7H2,1H3/t10-/m0/s1. The first kappa shape index (κ1) is 14.9. The third-order valence-electron chi connectivity index (χ3n) is 3.10. The van der Waals surface area contributed by atoms with Crippen molar-refractivity contribution in [2.75, 3.05) is 18.6 Å². The van der Waals surface area contributed by atoms with Gasteiger partial charge < -0.3 is 10.1 Å². The Morgan fingerprint density at radius 1 is 1.42 bits per heavy atom. The highest BCUT2D eigenvalue weighted by Gasteiger charge is 2.27. The molecular weight excluding hydrogens is 309 g/mol. The zero-order valence-electron chi connectivity index (χ0n) is 10.4. The third-order valence-corrected chi connectivity index (χ3v) is 5.37. The fourth-order valence-electron chi connectivity index (χ4n) is 2.18. The van der Waals surface area contributed by atoms with E-state index in [4.69, 9.17) is 27.9 Å². The van der Waals surface area contributed by atoms with Crippen LogP contribution in [0.2, 0.25) is 10.0 Å². The van der Waals surface area contributed by atoms with Crippen molar-refractivity contribution < 1.29 is 13.2 Å². The first-order valence-corrected chi connectivity index (χ1v) is 8.45. The maximum Gasteiger partial charge on any atom is 0.151 e. The van der Waals surface area contributed by atoms with Crippen LogP contribution in [-0.2, 0) is 16.4 Å². The van der Waals surface area contributed by atoms with Crippen LogP contribution in [0.15, 0.2) is 12.1 Å². The van der Waals surface area contributed by atoms with E-state index in [2.05, 4.69) is 5.32 Å². The lowest BCUT2D eigenvalue weighted by Gasteiger charge is -2.14. The summed E-state index contributed by atoms with van der Waals surface area (Å²) >= 11 is 12.0. The van der Waals surface area contributed by atoms with E-state index in [0.29, 0.717) is 28.8 Å². The molecule has 1 aromatic rings. The molecule has 7 heteroatoms. The van der Waals surface area contributed by atoms with E-state index in [1.54, 1.807) is 19.2 Å². The summed E-state index contributed by atoms with van der Waals surface area (Å²) in [5.41, 5.74) is 0.823. The molecule has 1 fully saturated rings. The summed E-state index contributed by atoms with van der Waals surface area (Å²) in [7, 11) is -1.34. The predicted molar refractivity (Wildman–Crippen MR) is 76.9 cm³/mol. The van der Waals surface area contributed by atoms with Gasteiger partial charge in [-0.2, -0.15) is 0 Å². The molecule has 1 aromatic carbocycles. The zero-order valence-corrected chi connectivity index (χ0v) is 12.8. The number of rotatable bonds is 4. The Balaban J connectivity index is 2.07. The Hall–Kier alpha value is -0.490. The second kappa shape index (κ2) is 5.87. The Morgan fingerprint density at radius 2 is 2.16 bits per heavy atom. The topological polar surface area (TPSA) is 55.4 Å². The second-order valence-corrected chi connectivity index (χ2v) is 7.63. The smallest absolute Gasteiger partial charge is 0.151 e. The lowest BCUT2D eigenvalue weighted by atomic mass is 10.1. The fourth-order valence-corrected chi connectivity index (χ4v) is 4.50. The van der Waals surface area contributed by atoms with Crippen molar-refractivity contribution >= 4 is 33.0 Å². The zero-order chi connectivity index (χ0) is 14.0. The SMILES string of the molecule is COc1c(Cl)cc(Cl)cc1CN[C@H]1CCS(=O)(=O)C1. The van der Waals surface area contributed by atoms with E-state index in [9.17, 15) is 8.42 Å². The molecule has 0 bridgehead atoms. The number of ether oxygens (including phenoxy) is 1. The van der Waals surface area contributed by atoms with Gasteiger partial charge in [0, 0.05) is 23.2 Å². The van der Waals surface area contributed by atoms with Gasteiger partial charge in [-0.1, -0.05) is 23.2 Å². The van der Waals surface area contributed by atoms with Crippen LogP contribution < -0.4 is 10.1 Å². The van der Waals surface area contributed by atoms with E-state index in [1.807, 2.05) is 0 Å². The Labute approximate surface area is 123 Å². The minimum absolute atomic E-state index is 0.0209. The summed E-state index contributed by atoms with van der Waals surface area (Å²) in [4.78, 5) is 0. The van der Waals surface area contributed by atoms with Crippen LogP contribution in [0.3, 0.4) is 0 Å². The molecule has 0 aliphatic carbocycles. The molecule has 106 valence electrons. The van der Waals surface area contributed by atoms with Crippen molar-refractivity contribution in [3.63, 3.8) is 0 Å². The molecule has 1 saturated heterocycles. The molecule has 0 unspecified atom stereocenters. The van der Waals surface area contributed by atoms with Gasteiger partial charge in [-0.05, 0) is 18.6 Å². The molecular formula is C12H15Cl2NO3S. The van der Waals surface area contributed by atoms with Crippen LogP contribution in [0.4, 0.5) is 0 Å². The van der Waals surface area contributed by atoms with E-state index in [1.165, 1.54) is 0 Å². The van der Waals surface area contributed by atoms with Crippen molar-refractivity contribution in [3.05, 3.63) is 27.7 Å². The highest BCUT2D eigenvalue weighted by atomic mass is 35.5. The molecule has 1 aliphatic heterocycles. The molecule has 0 spiro atoms. The molecule has 0 saturated carbocycles. The highest BCUT2D eigenvalue weighted by molar-refractivity contribution is 7.91.